The number of hydrogen-bond acceptors (Lipinski definition) is 7. The molecule has 0 spiro atoms. The van der Waals surface area contributed by atoms with Crippen LogP contribution >= 0.6 is 0 Å². The number of fused-ring (bicyclic) bond motifs is 1. The van der Waals surface area contributed by atoms with Gasteiger partial charge in [-0.25, -0.2) is 22.4 Å². The average molecular weight is 454 g/mol. The van der Waals surface area contributed by atoms with E-state index in [1.54, 1.807) is 24.3 Å². The highest BCUT2D eigenvalue weighted by atomic mass is 32.2. The second kappa shape index (κ2) is 7.98. The van der Waals surface area contributed by atoms with E-state index < -0.39 is 20.5 Å². The lowest BCUT2D eigenvalue weighted by molar-refractivity contribution is -0.384. The van der Waals surface area contributed by atoms with Gasteiger partial charge in [-0.3, -0.25) is 19.5 Å². The van der Waals surface area contributed by atoms with Gasteiger partial charge in [0.2, 0.25) is 10.0 Å². The first kappa shape index (κ1) is 21.3. The number of rotatable bonds is 6. The molecule has 2 aromatic carbocycles. The van der Waals surface area contributed by atoms with Crippen LogP contribution in [0.2, 0.25) is 0 Å². The number of nitro benzene ring substituents is 1. The molecule has 0 N–H and O–H groups in total. The molecule has 4 rings (SSSR count). The maximum Gasteiger partial charge on any atom is 0.294 e. The Labute approximate surface area is 182 Å². The van der Waals surface area contributed by atoms with Crippen molar-refractivity contribution in [3.63, 3.8) is 0 Å². The first-order chi connectivity index (χ1) is 15.2. The summed E-state index contributed by atoms with van der Waals surface area (Å²) >= 11 is 0. The van der Waals surface area contributed by atoms with E-state index in [0.717, 1.165) is 4.31 Å². The fourth-order valence-corrected chi connectivity index (χ4v) is 4.22. The number of para-hydroxylation sites is 2. The van der Waals surface area contributed by atoms with Gasteiger partial charge in [0, 0.05) is 20.2 Å². The van der Waals surface area contributed by atoms with Crippen molar-refractivity contribution in [3.05, 3.63) is 87.1 Å². The molecule has 0 saturated heterocycles. The summed E-state index contributed by atoms with van der Waals surface area (Å²) in [6.07, 6.45) is 2.62. The third kappa shape index (κ3) is 3.65. The Morgan fingerprint density at radius 1 is 1.12 bits per heavy atom. The largest absolute Gasteiger partial charge is 0.294 e. The van der Waals surface area contributed by atoms with E-state index in [1.165, 1.54) is 60.1 Å². The van der Waals surface area contributed by atoms with Gasteiger partial charge < -0.3 is 0 Å². The average Bonchev–Trinajstić information content (AvgIpc) is 3.20. The Morgan fingerprint density at radius 3 is 2.59 bits per heavy atom. The molecular weight excluding hydrogens is 436 g/mol. The van der Waals surface area contributed by atoms with Crippen LogP contribution in [-0.2, 0) is 16.6 Å². The molecule has 0 amide bonds. The van der Waals surface area contributed by atoms with Gasteiger partial charge in [-0.2, -0.15) is 5.10 Å². The highest BCUT2D eigenvalue weighted by molar-refractivity contribution is 7.89. The minimum Gasteiger partial charge on any atom is -0.294 e. The summed E-state index contributed by atoms with van der Waals surface area (Å²) in [7, 11) is -0.726. The van der Waals surface area contributed by atoms with Crippen molar-refractivity contribution < 1.29 is 13.3 Å². The zero-order valence-corrected chi connectivity index (χ0v) is 17.9. The number of nitro groups is 1. The summed E-state index contributed by atoms with van der Waals surface area (Å²) in [5, 5.41) is 15.7. The number of sulfonamides is 1. The Kier molecular flexibility index (Phi) is 5.32. The number of nitrogens with zero attached hydrogens (tertiary/aromatic N) is 6. The van der Waals surface area contributed by atoms with Crippen LogP contribution in [0.3, 0.4) is 0 Å². The van der Waals surface area contributed by atoms with Gasteiger partial charge in [0.25, 0.3) is 11.2 Å². The lowest BCUT2D eigenvalue weighted by Crippen LogP contribution is -2.23. The third-order valence-corrected chi connectivity index (χ3v) is 6.70. The monoisotopic (exact) mass is 454 g/mol. The van der Waals surface area contributed by atoms with Gasteiger partial charge in [0.1, 0.15) is 17.4 Å². The van der Waals surface area contributed by atoms with Gasteiger partial charge >= 0.3 is 0 Å². The van der Waals surface area contributed by atoms with Crippen molar-refractivity contribution in [2.45, 2.75) is 11.4 Å². The first-order valence-corrected chi connectivity index (χ1v) is 10.8. The van der Waals surface area contributed by atoms with Gasteiger partial charge in [-0.1, -0.05) is 24.3 Å². The highest BCUT2D eigenvalue weighted by Crippen LogP contribution is 2.24. The van der Waals surface area contributed by atoms with E-state index in [4.69, 9.17) is 0 Å². The first-order valence-electron chi connectivity index (χ1n) is 9.38. The lowest BCUT2D eigenvalue weighted by atomic mass is 10.2. The van der Waals surface area contributed by atoms with Crippen LogP contribution in [0.1, 0.15) is 5.56 Å². The maximum absolute atomic E-state index is 13.0. The standard InChI is InChI=1S/C20H18N6O5S/c1-23(2)32(30,31)15-7-5-6-14(10-15)12-24-13-21-19-16(20(24)27)11-22-25(19)17-8-3-4-9-18(17)26(28)29/h3-11,13H,12H2,1-2H3. The van der Waals surface area contributed by atoms with Crippen molar-refractivity contribution in [3.8, 4) is 5.69 Å². The Bertz CT molecular complexity index is 1510. The second-order valence-corrected chi connectivity index (χ2v) is 9.30. The quantitative estimate of drug-likeness (QED) is 0.320. The molecule has 0 radical (unpaired) electrons. The summed E-state index contributed by atoms with van der Waals surface area (Å²) < 4.78 is 28.5. The van der Waals surface area contributed by atoms with E-state index in [-0.39, 0.29) is 33.8 Å². The number of aromatic nitrogens is 4. The fourth-order valence-electron chi connectivity index (χ4n) is 3.25. The number of benzene rings is 2. The SMILES string of the molecule is CN(C)S(=O)(=O)c1cccc(Cn2cnc3c(cnn3-c3ccccc3[N+](=O)[O-])c2=O)c1. The van der Waals surface area contributed by atoms with Crippen molar-refractivity contribution in [1.29, 1.82) is 0 Å². The van der Waals surface area contributed by atoms with Crippen molar-refractivity contribution in [2.24, 2.45) is 0 Å². The van der Waals surface area contributed by atoms with Crippen LogP contribution < -0.4 is 5.56 Å². The van der Waals surface area contributed by atoms with Gasteiger partial charge in [-0.15, -0.1) is 0 Å². The normalized spacial score (nSPS) is 11.8. The molecule has 0 fully saturated rings. The molecule has 2 heterocycles. The van der Waals surface area contributed by atoms with Crippen molar-refractivity contribution in [1.82, 2.24) is 23.6 Å². The predicted molar refractivity (Wildman–Crippen MR) is 116 cm³/mol. The van der Waals surface area contributed by atoms with Gasteiger partial charge in [-0.05, 0) is 23.8 Å². The Morgan fingerprint density at radius 2 is 1.88 bits per heavy atom. The summed E-state index contributed by atoms with van der Waals surface area (Å²) in [6.45, 7) is 0.0925. The van der Waals surface area contributed by atoms with Crippen LogP contribution in [0.15, 0.2) is 70.7 Å². The topological polar surface area (TPSA) is 133 Å². The molecule has 0 aliphatic heterocycles. The summed E-state index contributed by atoms with van der Waals surface area (Å²) in [5.41, 5.74) is 0.411. The smallest absolute Gasteiger partial charge is 0.294 e. The minimum atomic E-state index is -3.61. The maximum atomic E-state index is 13.0. The number of hydrogen-bond donors (Lipinski definition) is 0. The molecule has 2 aromatic heterocycles. The van der Waals surface area contributed by atoms with Crippen LogP contribution in [0, 0.1) is 10.1 Å². The summed E-state index contributed by atoms with van der Waals surface area (Å²) in [6, 6.07) is 12.3. The second-order valence-electron chi connectivity index (χ2n) is 7.15. The molecule has 164 valence electrons. The Balaban J connectivity index is 1.75. The van der Waals surface area contributed by atoms with Crippen LogP contribution in [-0.4, -0.2) is 51.1 Å². The summed E-state index contributed by atoms with van der Waals surface area (Å²) in [5.74, 6) is 0. The van der Waals surface area contributed by atoms with E-state index >= 15 is 0 Å². The van der Waals surface area contributed by atoms with Crippen molar-refractivity contribution in [2.75, 3.05) is 14.1 Å². The molecule has 11 nitrogen and oxygen atoms in total. The van der Waals surface area contributed by atoms with Crippen molar-refractivity contribution >= 4 is 26.7 Å². The van der Waals surface area contributed by atoms with E-state index in [9.17, 15) is 23.3 Å². The molecule has 0 aliphatic rings. The Hall–Kier alpha value is -3.90. The lowest BCUT2D eigenvalue weighted by Gasteiger charge is -2.12. The molecular formula is C20H18N6O5S. The van der Waals surface area contributed by atoms with E-state index in [0.29, 0.717) is 5.56 Å². The molecule has 0 unspecified atom stereocenters. The highest BCUT2D eigenvalue weighted by Gasteiger charge is 2.20. The van der Waals surface area contributed by atoms with Crippen LogP contribution in [0.4, 0.5) is 5.69 Å². The van der Waals surface area contributed by atoms with E-state index in [2.05, 4.69) is 10.1 Å². The van der Waals surface area contributed by atoms with Crippen LogP contribution in [0.5, 0.6) is 0 Å². The van der Waals surface area contributed by atoms with E-state index in [1.807, 2.05) is 0 Å². The molecule has 32 heavy (non-hydrogen) atoms. The zero-order chi connectivity index (χ0) is 23.0. The zero-order valence-electron chi connectivity index (χ0n) is 17.1. The molecule has 4 aromatic rings. The summed E-state index contributed by atoms with van der Waals surface area (Å²) in [4.78, 5) is 28.2. The fraction of sp³-hybridized carbons (Fsp3) is 0.150. The molecule has 0 aliphatic carbocycles. The molecule has 12 heteroatoms. The molecule has 0 bridgehead atoms. The predicted octanol–water partition coefficient (Wildman–Crippen LogP) is 1.79. The van der Waals surface area contributed by atoms with Gasteiger partial charge in [0.15, 0.2) is 5.65 Å². The third-order valence-electron chi connectivity index (χ3n) is 4.89. The minimum absolute atomic E-state index is 0.0925. The molecule has 0 atom stereocenters. The van der Waals surface area contributed by atoms with Crippen LogP contribution in [0.25, 0.3) is 16.7 Å². The molecule has 0 saturated carbocycles. The van der Waals surface area contributed by atoms with Gasteiger partial charge in [0.05, 0.1) is 22.6 Å².